The summed E-state index contributed by atoms with van der Waals surface area (Å²) in [5.41, 5.74) is 8.46. The van der Waals surface area contributed by atoms with Gasteiger partial charge in [0, 0.05) is 16.2 Å². The first-order valence-electron chi connectivity index (χ1n) is 7.21. The Morgan fingerprint density at radius 3 is 2.50 bits per heavy atom. The van der Waals surface area contributed by atoms with Crippen molar-refractivity contribution in [2.45, 2.75) is 25.5 Å². The highest BCUT2D eigenvalue weighted by Gasteiger charge is 2.15. The number of nitrogens with one attached hydrogen (secondary N) is 1. The molecule has 0 aliphatic carbocycles. The van der Waals surface area contributed by atoms with Crippen LogP contribution in [-0.4, -0.2) is 22.8 Å². The Morgan fingerprint density at radius 2 is 1.86 bits per heavy atom. The number of anilines is 1. The number of benzene rings is 2. The lowest BCUT2D eigenvalue weighted by Gasteiger charge is -2.21. The van der Waals surface area contributed by atoms with E-state index in [-0.39, 0.29) is 11.8 Å². The molecule has 22 heavy (non-hydrogen) atoms. The molecule has 0 aliphatic rings. The van der Waals surface area contributed by atoms with Gasteiger partial charge in [0.05, 0.1) is 6.10 Å². The van der Waals surface area contributed by atoms with Crippen molar-refractivity contribution in [3.8, 4) is 5.75 Å². The fourth-order valence-electron chi connectivity index (χ4n) is 2.24. The number of hydrogen-bond donors (Lipinski definition) is 4. The molecule has 0 radical (unpaired) electrons. The van der Waals surface area contributed by atoms with Crippen molar-refractivity contribution in [3.05, 3.63) is 58.1 Å². The smallest absolute Gasteiger partial charge is 0.115 e. The van der Waals surface area contributed by atoms with Crippen LogP contribution >= 0.6 is 15.9 Å². The molecular weight excluding hydrogens is 344 g/mol. The minimum atomic E-state index is -0.612. The molecule has 2 rings (SSSR count). The second-order valence-corrected chi connectivity index (χ2v) is 6.24. The Labute approximate surface area is 139 Å². The van der Waals surface area contributed by atoms with Gasteiger partial charge in [-0.3, -0.25) is 0 Å². The van der Waals surface area contributed by atoms with Crippen LogP contribution in [0.3, 0.4) is 0 Å². The van der Waals surface area contributed by atoms with E-state index in [0.717, 1.165) is 28.7 Å². The molecule has 0 saturated carbocycles. The van der Waals surface area contributed by atoms with Crippen LogP contribution in [0.15, 0.2) is 46.9 Å². The largest absolute Gasteiger partial charge is 0.508 e. The highest BCUT2D eigenvalue weighted by atomic mass is 79.9. The number of phenols is 1. The number of rotatable bonds is 6. The van der Waals surface area contributed by atoms with E-state index in [1.165, 1.54) is 5.56 Å². The van der Waals surface area contributed by atoms with Crippen molar-refractivity contribution in [2.75, 3.05) is 12.3 Å². The number of aliphatic hydroxyl groups is 1. The number of aromatic hydroxyl groups is 1. The Balaban J connectivity index is 1.85. The standard InChI is InChI=1S/C17H21BrN2O2/c1-11(17(22)13-3-5-14(21)6-4-13)20-9-8-12-2-7-16(19)15(18)10-12/h2-7,10-11,17,20-22H,8-9,19H2,1H3/t11-,17-/m0/s1. The SMILES string of the molecule is C[C@H](NCCc1ccc(N)c(Br)c1)[C@H](O)c1ccc(O)cc1. The van der Waals surface area contributed by atoms with Crippen molar-refractivity contribution < 1.29 is 10.2 Å². The van der Waals surface area contributed by atoms with E-state index in [1.807, 2.05) is 25.1 Å². The molecule has 2 aromatic carbocycles. The van der Waals surface area contributed by atoms with E-state index in [2.05, 4.69) is 21.2 Å². The van der Waals surface area contributed by atoms with Crippen molar-refractivity contribution in [1.29, 1.82) is 0 Å². The van der Waals surface area contributed by atoms with Gasteiger partial charge in [-0.25, -0.2) is 0 Å². The van der Waals surface area contributed by atoms with Crippen LogP contribution in [0.4, 0.5) is 5.69 Å². The summed E-state index contributed by atoms with van der Waals surface area (Å²) in [7, 11) is 0. The molecule has 5 N–H and O–H groups in total. The maximum Gasteiger partial charge on any atom is 0.115 e. The van der Waals surface area contributed by atoms with E-state index >= 15 is 0 Å². The van der Waals surface area contributed by atoms with Crippen molar-refractivity contribution in [1.82, 2.24) is 5.32 Å². The Hall–Kier alpha value is -1.56. The number of hydrogen-bond acceptors (Lipinski definition) is 4. The molecule has 5 heteroatoms. The predicted octanol–water partition coefficient (Wildman–Crippen LogP) is 2.99. The fraction of sp³-hybridized carbons (Fsp3) is 0.294. The number of aliphatic hydroxyl groups excluding tert-OH is 1. The first-order chi connectivity index (χ1) is 10.5. The lowest BCUT2D eigenvalue weighted by atomic mass is 10.0. The molecule has 2 atom stereocenters. The maximum atomic E-state index is 10.3. The molecule has 0 aromatic heterocycles. The minimum absolute atomic E-state index is 0.0817. The number of nitrogens with two attached hydrogens (primary N) is 1. The molecule has 0 spiro atoms. The molecule has 4 nitrogen and oxygen atoms in total. The van der Waals surface area contributed by atoms with Crippen LogP contribution in [0.25, 0.3) is 0 Å². The van der Waals surface area contributed by atoms with Gasteiger partial charge in [0.1, 0.15) is 5.75 Å². The van der Waals surface area contributed by atoms with Crippen LogP contribution < -0.4 is 11.1 Å². The minimum Gasteiger partial charge on any atom is -0.508 e. The van der Waals surface area contributed by atoms with Crippen molar-refractivity contribution in [3.63, 3.8) is 0 Å². The van der Waals surface area contributed by atoms with Gasteiger partial charge in [-0.15, -0.1) is 0 Å². The van der Waals surface area contributed by atoms with Crippen LogP contribution in [-0.2, 0) is 6.42 Å². The second kappa shape index (κ2) is 7.63. The number of halogens is 1. The maximum absolute atomic E-state index is 10.3. The van der Waals surface area contributed by atoms with Gasteiger partial charge in [-0.05, 0) is 71.2 Å². The van der Waals surface area contributed by atoms with Gasteiger partial charge in [0.15, 0.2) is 0 Å². The molecule has 0 heterocycles. The third-order valence-corrected chi connectivity index (χ3v) is 4.34. The summed E-state index contributed by atoms with van der Waals surface area (Å²) >= 11 is 3.42. The number of phenolic OH excluding ortho intramolecular Hbond substituents is 1. The molecule has 0 bridgehead atoms. The normalized spacial score (nSPS) is 13.8. The fourth-order valence-corrected chi connectivity index (χ4v) is 2.67. The number of nitrogen functional groups attached to an aromatic ring is 1. The van der Waals surface area contributed by atoms with Gasteiger partial charge in [-0.2, -0.15) is 0 Å². The van der Waals surface area contributed by atoms with E-state index in [1.54, 1.807) is 24.3 Å². The third kappa shape index (κ3) is 4.47. The third-order valence-electron chi connectivity index (χ3n) is 3.65. The van der Waals surface area contributed by atoms with Gasteiger partial charge < -0.3 is 21.3 Å². The second-order valence-electron chi connectivity index (χ2n) is 5.39. The summed E-state index contributed by atoms with van der Waals surface area (Å²) in [6.07, 6.45) is 0.240. The highest BCUT2D eigenvalue weighted by Crippen LogP contribution is 2.21. The van der Waals surface area contributed by atoms with E-state index < -0.39 is 6.10 Å². The zero-order valence-electron chi connectivity index (χ0n) is 12.5. The van der Waals surface area contributed by atoms with Gasteiger partial charge in [0.25, 0.3) is 0 Å². The van der Waals surface area contributed by atoms with Gasteiger partial charge >= 0.3 is 0 Å². The lowest BCUT2D eigenvalue weighted by molar-refractivity contribution is 0.136. The van der Waals surface area contributed by atoms with Gasteiger partial charge in [0.2, 0.25) is 0 Å². The quantitative estimate of drug-likeness (QED) is 0.594. The van der Waals surface area contributed by atoms with Crippen molar-refractivity contribution >= 4 is 21.6 Å². The van der Waals surface area contributed by atoms with Crippen LogP contribution in [0.2, 0.25) is 0 Å². The molecule has 0 fully saturated rings. The topological polar surface area (TPSA) is 78.5 Å². The summed E-state index contributed by atoms with van der Waals surface area (Å²) in [5, 5.41) is 22.9. The summed E-state index contributed by atoms with van der Waals surface area (Å²) < 4.78 is 0.905. The van der Waals surface area contributed by atoms with E-state index in [0.29, 0.717) is 0 Å². The summed E-state index contributed by atoms with van der Waals surface area (Å²) in [5.74, 6) is 0.200. The lowest BCUT2D eigenvalue weighted by Crippen LogP contribution is -2.33. The Morgan fingerprint density at radius 1 is 1.18 bits per heavy atom. The predicted molar refractivity (Wildman–Crippen MR) is 92.8 cm³/mol. The Kier molecular flexibility index (Phi) is 5.83. The van der Waals surface area contributed by atoms with E-state index in [9.17, 15) is 10.2 Å². The van der Waals surface area contributed by atoms with Crippen LogP contribution in [0, 0.1) is 0 Å². The summed E-state index contributed by atoms with van der Waals surface area (Å²) in [6.45, 7) is 2.70. The zero-order chi connectivity index (χ0) is 16.1. The van der Waals surface area contributed by atoms with E-state index in [4.69, 9.17) is 5.73 Å². The first kappa shape index (κ1) is 16.8. The average molecular weight is 365 g/mol. The zero-order valence-corrected chi connectivity index (χ0v) is 14.0. The summed E-state index contributed by atoms with van der Waals surface area (Å²) in [4.78, 5) is 0. The highest BCUT2D eigenvalue weighted by molar-refractivity contribution is 9.10. The van der Waals surface area contributed by atoms with Crippen LogP contribution in [0.1, 0.15) is 24.2 Å². The monoisotopic (exact) mass is 364 g/mol. The van der Waals surface area contributed by atoms with Gasteiger partial charge in [-0.1, -0.05) is 18.2 Å². The average Bonchev–Trinajstić information content (AvgIpc) is 2.51. The molecule has 2 aromatic rings. The Bertz CT molecular complexity index is 617. The van der Waals surface area contributed by atoms with Crippen molar-refractivity contribution in [2.24, 2.45) is 0 Å². The molecule has 0 unspecified atom stereocenters. The summed E-state index contributed by atoms with van der Waals surface area (Å²) in [6, 6.07) is 12.4. The molecule has 0 amide bonds. The molecule has 118 valence electrons. The first-order valence-corrected chi connectivity index (χ1v) is 8.01. The molecule has 0 saturated heterocycles. The van der Waals surface area contributed by atoms with Crippen LogP contribution in [0.5, 0.6) is 5.75 Å². The molecule has 0 aliphatic heterocycles. The molecular formula is C17H21BrN2O2.